The van der Waals surface area contributed by atoms with Crippen LogP contribution in [0.5, 0.6) is 0 Å². The Kier molecular flexibility index (Phi) is 4.58. The maximum atomic E-state index is 12.3. The SMILES string of the molecule is Cc1ccc(C(C)NC(=O)c2cc(N)cc(Cl)c2Cl)s1. The minimum atomic E-state index is -0.289. The second kappa shape index (κ2) is 6.04. The Morgan fingerprint density at radius 2 is 2.05 bits per heavy atom. The average molecular weight is 329 g/mol. The van der Waals surface area contributed by atoms with Gasteiger partial charge in [-0.1, -0.05) is 23.2 Å². The van der Waals surface area contributed by atoms with E-state index in [1.165, 1.54) is 17.0 Å². The van der Waals surface area contributed by atoms with E-state index in [0.29, 0.717) is 5.69 Å². The summed E-state index contributed by atoms with van der Waals surface area (Å²) in [5.41, 5.74) is 6.39. The van der Waals surface area contributed by atoms with Gasteiger partial charge in [0.05, 0.1) is 21.7 Å². The minimum Gasteiger partial charge on any atom is -0.399 e. The summed E-state index contributed by atoms with van der Waals surface area (Å²) in [6, 6.07) is 6.96. The molecule has 20 heavy (non-hydrogen) atoms. The van der Waals surface area contributed by atoms with Crippen molar-refractivity contribution in [3.63, 3.8) is 0 Å². The van der Waals surface area contributed by atoms with E-state index in [0.717, 1.165) is 4.88 Å². The molecule has 1 aromatic carbocycles. The molecule has 0 aliphatic rings. The van der Waals surface area contributed by atoms with Crippen LogP contribution in [0.25, 0.3) is 0 Å². The molecule has 2 aromatic rings. The third-order valence-corrected chi connectivity index (χ3v) is 4.82. The summed E-state index contributed by atoms with van der Waals surface area (Å²) in [6.07, 6.45) is 0. The second-order valence-corrected chi connectivity index (χ2v) is 6.61. The van der Waals surface area contributed by atoms with Gasteiger partial charge < -0.3 is 11.1 Å². The van der Waals surface area contributed by atoms with Crippen LogP contribution in [0.2, 0.25) is 10.0 Å². The first-order chi connectivity index (χ1) is 9.38. The zero-order valence-electron chi connectivity index (χ0n) is 11.0. The number of aryl methyl sites for hydroxylation is 1. The number of anilines is 1. The summed E-state index contributed by atoms with van der Waals surface area (Å²) in [7, 11) is 0. The molecule has 0 saturated heterocycles. The highest BCUT2D eigenvalue weighted by Gasteiger charge is 2.17. The first-order valence-electron chi connectivity index (χ1n) is 6.00. The molecule has 1 amide bonds. The molecule has 0 aliphatic carbocycles. The molecule has 3 nitrogen and oxygen atoms in total. The highest BCUT2D eigenvalue weighted by atomic mass is 35.5. The van der Waals surface area contributed by atoms with Crippen molar-refractivity contribution in [2.24, 2.45) is 0 Å². The van der Waals surface area contributed by atoms with Gasteiger partial charge in [-0.2, -0.15) is 0 Å². The highest BCUT2D eigenvalue weighted by molar-refractivity contribution is 7.12. The Morgan fingerprint density at radius 3 is 2.65 bits per heavy atom. The van der Waals surface area contributed by atoms with Gasteiger partial charge in [-0.15, -0.1) is 11.3 Å². The Labute approximate surface area is 131 Å². The lowest BCUT2D eigenvalue weighted by Gasteiger charge is -2.14. The number of carbonyl (C=O) groups is 1. The number of benzene rings is 1. The van der Waals surface area contributed by atoms with Crippen LogP contribution in [0.3, 0.4) is 0 Å². The average Bonchev–Trinajstić information content (AvgIpc) is 2.80. The van der Waals surface area contributed by atoms with E-state index in [1.807, 2.05) is 26.0 Å². The van der Waals surface area contributed by atoms with E-state index >= 15 is 0 Å². The van der Waals surface area contributed by atoms with Crippen LogP contribution in [-0.4, -0.2) is 5.91 Å². The molecular formula is C14H14Cl2N2OS. The van der Waals surface area contributed by atoms with Crippen LogP contribution < -0.4 is 11.1 Å². The van der Waals surface area contributed by atoms with E-state index in [4.69, 9.17) is 28.9 Å². The van der Waals surface area contributed by atoms with Crippen molar-refractivity contribution in [3.05, 3.63) is 49.6 Å². The summed E-state index contributed by atoms with van der Waals surface area (Å²) in [5, 5.41) is 3.38. The minimum absolute atomic E-state index is 0.0996. The first-order valence-corrected chi connectivity index (χ1v) is 7.57. The molecule has 0 saturated carbocycles. The van der Waals surface area contributed by atoms with Crippen LogP contribution in [-0.2, 0) is 0 Å². The number of carbonyl (C=O) groups excluding carboxylic acids is 1. The molecular weight excluding hydrogens is 315 g/mol. The quantitative estimate of drug-likeness (QED) is 0.818. The molecule has 1 aromatic heterocycles. The molecule has 0 spiro atoms. The number of thiophene rings is 1. The van der Waals surface area contributed by atoms with Gasteiger partial charge in [0, 0.05) is 15.4 Å². The van der Waals surface area contributed by atoms with Crippen molar-refractivity contribution in [2.45, 2.75) is 19.9 Å². The predicted octanol–water partition coefficient (Wildman–Crippen LogP) is 4.44. The Morgan fingerprint density at radius 1 is 1.35 bits per heavy atom. The molecule has 1 unspecified atom stereocenters. The van der Waals surface area contributed by atoms with Gasteiger partial charge >= 0.3 is 0 Å². The summed E-state index contributed by atoms with van der Waals surface area (Å²) in [5.74, 6) is -0.289. The van der Waals surface area contributed by atoms with Gasteiger partial charge in [-0.3, -0.25) is 4.79 Å². The maximum absolute atomic E-state index is 12.3. The van der Waals surface area contributed by atoms with Crippen molar-refractivity contribution in [1.29, 1.82) is 0 Å². The third kappa shape index (κ3) is 3.26. The third-order valence-electron chi connectivity index (χ3n) is 2.83. The molecule has 0 fully saturated rings. The topological polar surface area (TPSA) is 55.1 Å². The van der Waals surface area contributed by atoms with E-state index in [9.17, 15) is 4.79 Å². The van der Waals surface area contributed by atoms with Crippen LogP contribution >= 0.6 is 34.5 Å². The number of hydrogen-bond donors (Lipinski definition) is 2. The molecule has 1 heterocycles. The normalized spacial score (nSPS) is 12.2. The lowest BCUT2D eigenvalue weighted by Crippen LogP contribution is -2.26. The van der Waals surface area contributed by atoms with Gasteiger partial charge in [0.15, 0.2) is 0 Å². The zero-order chi connectivity index (χ0) is 14.9. The second-order valence-electron chi connectivity index (χ2n) is 4.51. The van der Waals surface area contributed by atoms with Crippen LogP contribution in [0.1, 0.15) is 33.1 Å². The lowest BCUT2D eigenvalue weighted by molar-refractivity contribution is 0.0940. The zero-order valence-corrected chi connectivity index (χ0v) is 13.4. The highest BCUT2D eigenvalue weighted by Crippen LogP contribution is 2.29. The Hall–Kier alpha value is -1.23. The largest absolute Gasteiger partial charge is 0.399 e. The van der Waals surface area contributed by atoms with Gasteiger partial charge in [-0.25, -0.2) is 0 Å². The summed E-state index contributed by atoms with van der Waals surface area (Å²) in [6.45, 7) is 3.95. The summed E-state index contributed by atoms with van der Waals surface area (Å²) < 4.78 is 0. The van der Waals surface area contributed by atoms with E-state index in [2.05, 4.69) is 5.32 Å². The molecule has 2 rings (SSSR count). The number of nitrogen functional groups attached to an aromatic ring is 1. The standard InChI is InChI=1S/C14H14Cl2N2OS/c1-7-3-4-12(20-7)8(2)18-14(19)10-5-9(17)6-11(15)13(10)16/h3-6,8H,17H2,1-2H3,(H,18,19). The van der Waals surface area contributed by atoms with Gasteiger partial charge in [0.25, 0.3) is 5.91 Å². The Bertz CT molecular complexity index is 655. The first kappa shape index (κ1) is 15.2. The van der Waals surface area contributed by atoms with E-state index in [1.54, 1.807) is 11.3 Å². The summed E-state index contributed by atoms with van der Waals surface area (Å²) >= 11 is 13.6. The van der Waals surface area contributed by atoms with Crippen molar-refractivity contribution >= 4 is 46.1 Å². The van der Waals surface area contributed by atoms with Crippen molar-refractivity contribution in [2.75, 3.05) is 5.73 Å². The molecule has 0 radical (unpaired) electrons. The maximum Gasteiger partial charge on any atom is 0.253 e. The predicted molar refractivity (Wildman–Crippen MR) is 85.8 cm³/mol. The van der Waals surface area contributed by atoms with Crippen molar-refractivity contribution in [1.82, 2.24) is 5.32 Å². The fourth-order valence-corrected chi connectivity index (χ4v) is 3.11. The van der Waals surface area contributed by atoms with Gasteiger partial charge in [0.1, 0.15) is 0 Å². The van der Waals surface area contributed by atoms with Gasteiger partial charge in [-0.05, 0) is 38.1 Å². The molecule has 0 bridgehead atoms. The van der Waals surface area contributed by atoms with E-state index in [-0.39, 0.29) is 27.6 Å². The molecule has 0 aliphatic heterocycles. The smallest absolute Gasteiger partial charge is 0.253 e. The molecule has 1 atom stereocenters. The fourth-order valence-electron chi connectivity index (χ4n) is 1.81. The number of halogens is 2. The number of nitrogens with one attached hydrogen (secondary N) is 1. The Balaban J connectivity index is 2.20. The number of nitrogens with two attached hydrogens (primary N) is 1. The lowest BCUT2D eigenvalue weighted by atomic mass is 10.1. The van der Waals surface area contributed by atoms with Crippen molar-refractivity contribution in [3.8, 4) is 0 Å². The van der Waals surface area contributed by atoms with Crippen LogP contribution in [0.15, 0.2) is 24.3 Å². The van der Waals surface area contributed by atoms with Gasteiger partial charge in [0.2, 0.25) is 0 Å². The fraction of sp³-hybridized carbons (Fsp3) is 0.214. The monoisotopic (exact) mass is 328 g/mol. The molecule has 6 heteroatoms. The summed E-state index contributed by atoms with van der Waals surface area (Å²) in [4.78, 5) is 14.5. The molecule has 3 N–H and O–H groups in total. The number of hydrogen-bond acceptors (Lipinski definition) is 3. The van der Waals surface area contributed by atoms with Crippen LogP contribution in [0.4, 0.5) is 5.69 Å². The van der Waals surface area contributed by atoms with Crippen molar-refractivity contribution < 1.29 is 4.79 Å². The van der Waals surface area contributed by atoms with E-state index < -0.39 is 0 Å². The molecule has 106 valence electrons. The van der Waals surface area contributed by atoms with Crippen LogP contribution in [0, 0.1) is 6.92 Å². The number of amides is 1. The number of rotatable bonds is 3.